The molecule has 0 atom stereocenters. The summed E-state index contributed by atoms with van der Waals surface area (Å²) in [7, 11) is 0. The van der Waals surface area contributed by atoms with Crippen molar-refractivity contribution in [1.82, 2.24) is 0 Å². The summed E-state index contributed by atoms with van der Waals surface area (Å²) in [6.45, 7) is 4.51. The van der Waals surface area contributed by atoms with E-state index in [-0.39, 0.29) is 5.82 Å². The Hall–Kier alpha value is -0.850. The summed E-state index contributed by atoms with van der Waals surface area (Å²) in [5.74, 6) is 0.726. The SMILES string of the molecule is CCC(CC)CCCc1ccc(F)cc1. The molecule has 0 amide bonds. The van der Waals surface area contributed by atoms with E-state index < -0.39 is 0 Å². The Bertz CT molecular complexity index is 259. The first-order chi connectivity index (χ1) is 7.26. The molecule has 0 spiro atoms. The Labute approximate surface area is 92.5 Å². The van der Waals surface area contributed by atoms with E-state index in [1.165, 1.54) is 31.2 Å². The average Bonchev–Trinajstić information content (AvgIpc) is 2.27. The molecule has 0 bridgehead atoms. The van der Waals surface area contributed by atoms with Crippen LogP contribution in [0.15, 0.2) is 24.3 Å². The zero-order chi connectivity index (χ0) is 11.1. The van der Waals surface area contributed by atoms with Gasteiger partial charge in [-0.1, -0.05) is 45.2 Å². The molecule has 0 aliphatic rings. The van der Waals surface area contributed by atoms with Crippen molar-refractivity contribution in [2.75, 3.05) is 0 Å². The molecule has 1 heteroatoms. The van der Waals surface area contributed by atoms with E-state index in [0.29, 0.717) is 0 Å². The fourth-order valence-electron chi connectivity index (χ4n) is 1.94. The van der Waals surface area contributed by atoms with Crippen LogP contribution in [0, 0.1) is 11.7 Å². The van der Waals surface area contributed by atoms with Crippen molar-refractivity contribution < 1.29 is 4.39 Å². The maximum Gasteiger partial charge on any atom is 0.123 e. The van der Waals surface area contributed by atoms with Crippen LogP contribution >= 0.6 is 0 Å². The van der Waals surface area contributed by atoms with Gasteiger partial charge in [-0.25, -0.2) is 4.39 Å². The van der Waals surface area contributed by atoms with E-state index in [4.69, 9.17) is 0 Å². The van der Waals surface area contributed by atoms with Crippen molar-refractivity contribution in [2.24, 2.45) is 5.92 Å². The van der Waals surface area contributed by atoms with Crippen LogP contribution in [0.5, 0.6) is 0 Å². The number of hydrogen-bond donors (Lipinski definition) is 0. The van der Waals surface area contributed by atoms with Gasteiger partial charge >= 0.3 is 0 Å². The lowest BCUT2D eigenvalue weighted by Crippen LogP contribution is -1.97. The third-order valence-corrected chi connectivity index (χ3v) is 3.15. The summed E-state index contributed by atoms with van der Waals surface area (Å²) in [5, 5.41) is 0. The normalized spacial score (nSPS) is 10.9. The topological polar surface area (TPSA) is 0 Å². The standard InChI is InChI=1S/C14H21F/c1-3-12(4-2)6-5-7-13-8-10-14(15)11-9-13/h8-12H,3-7H2,1-2H3. The van der Waals surface area contributed by atoms with Crippen LogP contribution in [0.1, 0.15) is 45.1 Å². The molecule has 0 N–H and O–H groups in total. The molecule has 0 saturated carbocycles. The molecular weight excluding hydrogens is 187 g/mol. The number of rotatable bonds is 6. The Morgan fingerprint density at radius 2 is 1.67 bits per heavy atom. The van der Waals surface area contributed by atoms with Crippen molar-refractivity contribution in [1.29, 1.82) is 0 Å². The molecule has 0 fully saturated rings. The Morgan fingerprint density at radius 1 is 1.07 bits per heavy atom. The largest absolute Gasteiger partial charge is 0.207 e. The van der Waals surface area contributed by atoms with Crippen LogP contribution in [-0.2, 0) is 6.42 Å². The molecule has 0 aromatic heterocycles. The highest BCUT2D eigenvalue weighted by Gasteiger charge is 2.03. The minimum Gasteiger partial charge on any atom is -0.207 e. The molecule has 0 aliphatic heterocycles. The molecule has 0 saturated heterocycles. The quantitative estimate of drug-likeness (QED) is 0.641. The number of hydrogen-bond acceptors (Lipinski definition) is 0. The number of halogens is 1. The van der Waals surface area contributed by atoms with E-state index in [9.17, 15) is 4.39 Å². The smallest absolute Gasteiger partial charge is 0.123 e. The van der Waals surface area contributed by atoms with Gasteiger partial charge in [-0.2, -0.15) is 0 Å². The second kappa shape index (κ2) is 6.60. The molecule has 1 aromatic carbocycles. The van der Waals surface area contributed by atoms with Gasteiger partial charge in [0.1, 0.15) is 5.82 Å². The Kier molecular flexibility index (Phi) is 5.38. The van der Waals surface area contributed by atoms with Gasteiger partial charge in [0.05, 0.1) is 0 Å². The molecule has 0 aliphatic carbocycles. The molecule has 0 heterocycles. The first-order valence-electron chi connectivity index (χ1n) is 6.00. The average molecular weight is 208 g/mol. The fraction of sp³-hybridized carbons (Fsp3) is 0.571. The third kappa shape index (κ3) is 4.46. The maximum atomic E-state index is 12.6. The van der Waals surface area contributed by atoms with Crippen LogP contribution in [-0.4, -0.2) is 0 Å². The zero-order valence-electron chi connectivity index (χ0n) is 9.80. The molecule has 1 aromatic rings. The molecular formula is C14H21F. The summed E-state index contributed by atoms with van der Waals surface area (Å²) in [4.78, 5) is 0. The van der Waals surface area contributed by atoms with Crippen LogP contribution in [0.4, 0.5) is 4.39 Å². The second-order valence-electron chi connectivity index (χ2n) is 4.20. The summed E-state index contributed by atoms with van der Waals surface area (Å²) < 4.78 is 12.6. The molecule has 84 valence electrons. The molecule has 0 radical (unpaired) electrons. The van der Waals surface area contributed by atoms with Crippen molar-refractivity contribution >= 4 is 0 Å². The maximum absolute atomic E-state index is 12.6. The third-order valence-electron chi connectivity index (χ3n) is 3.15. The predicted molar refractivity (Wildman–Crippen MR) is 63.4 cm³/mol. The second-order valence-corrected chi connectivity index (χ2v) is 4.20. The van der Waals surface area contributed by atoms with Crippen molar-refractivity contribution in [3.8, 4) is 0 Å². The molecule has 0 unspecified atom stereocenters. The first-order valence-corrected chi connectivity index (χ1v) is 6.00. The van der Waals surface area contributed by atoms with Gasteiger partial charge in [0.25, 0.3) is 0 Å². The highest BCUT2D eigenvalue weighted by atomic mass is 19.1. The van der Waals surface area contributed by atoms with Crippen LogP contribution in [0.3, 0.4) is 0 Å². The Morgan fingerprint density at radius 3 is 2.20 bits per heavy atom. The molecule has 1 rings (SSSR count). The van der Waals surface area contributed by atoms with Crippen molar-refractivity contribution in [2.45, 2.75) is 46.0 Å². The van der Waals surface area contributed by atoms with E-state index in [0.717, 1.165) is 12.3 Å². The van der Waals surface area contributed by atoms with E-state index >= 15 is 0 Å². The van der Waals surface area contributed by atoms with Gasteiger partial charge in [-0.15, -0.1) is 0 Å². The van der Waals surface area contributed by atoms with Gasteiger partial charge < -0.3 is 0 Å². The summed E-state index contributed by atoms with van der Waals surface area (Å²) in [5.41, 5.74) is 1.25. The van der Waals surface area contributed by atoms with Crippen molar-refractivity contribution in [3.63, 3.8) is 0 Å². The number of aryl methyl sites for hydroxylation is 1. The van der Waals surface area contributed by atoms with Crippen LogP contribution in [0.25, 0.3) is 0 Å². The lowest BCUT2D eigenvalue weighted by molar-refractivity contribution is 0.441. The highest BCUT2D eigenvalue weighted by Crippen LogP contribution is 2.16. The first kappa shape index (κ1) is 12.2. The number of benzene rings is 1. The summed E-state index contributed by atoms with van der Waals surface area (Å²) >= 11 is 0. The van der Waals surface area contributed by atoms with Gasteiger partial charge in [0.15, 0.2) is 0 Å². The van der Waals surface area contributed by atoms with E-state index in [1.54, 1.807) is 12.1 Å². The van der Waals surface area contributed by atoms with Gasteiger partial charge in [-0.3, -0.25) is 0 Å². The van der Waals surface area contributed by atoms with Gasteiger partial charge in [0.2, 0.25) is 0 Å². The summed E-state index contributed by atoms with van der Waals surface area (Å²) in [6.07, 6.45) is 6.15. The monoisotopic (exact) mass is 208 g/mol. The molecule has 0 nitrogen and oxygen atoms in total. The fourth-order valence-corrected chi connectivity index (χ4v) is 1.94. The molecule has 15 heavy (non-hydrogen) atoms. The van der Waals surface area contributed by atoms with Crippen LogP contribution in [0.2, 0.25) is 0 Å². The Balaban J connectivity index is 2.28. The van der Waals surface area contributed by atoms with E-state index in [1.807, 2.05) is 12.1 Å². The minimum absolute atomic E-state index is 0.140. The zero-order valence-corrected chi connectivity index (χ0v) is 9.80. The lowest BCUT2D eigenvalue weighted by Gasteiger charge is -2.11. The highest BCUT2D eigenvalue weighted by molar-refractivity contribution is 5.15. The summed E-state index contributed by atoms with van der Waals surface area (Å²) in [6, 6.07) is 6.88. The van der Waals surface area contributed by atoms with Gasteiger partial charge in [0, 0.05) is 0 Å². The minimum atomic E-state index is -0.140. The van der Waals surface area contributed by atoms with Crippen LogP contribution < -0.4 is 0 Å². The van der Waals surface area contributed by atoms with E-state index in [2.05, 4.69) is 13.8 Å². The van der Waals surface area contributed by atoms with Gasteiger partial charge in [-0.05, 0) is 36.5 Å². The lowest BCUT2D eigenvalue weighted by atomic mass is 9.95. The van der Waals surface area contributed by atoms with Crippen molar-refractivity contribution in [3.05, 3.63) is 35.6 Å². The predicted octanol–water partition coefficient (Wildman–Crippen LogP) is 4.58.